The molecule has 142 valence electrons. The molecule has 0 aliphatic carbocycles. The van der Waals surface area contributed by atoms with E-state index in [2.05, 4.69) is 25.8 Å². The zero-order chi connectivity index (χ0) is 19.7. The van der Waals surface area contributed by atoms with Gasteiger partial charge in [-0.2, -0.15) is 5.10 Å². The van der Waals surface area contributed by atoms with Gasteiger partial charge in [0.25, 0.3) is 0 Å². The molecule has 2 amide bonds. The Balaban J connectivity index is 1.67. The number of benzene rings is 1. The van der Waals surface area contributed by atoms with E-state index in [9.17, 15) is 9.18 Å². The molecule has 28 heavy (non-hydrogen) atoms. The molecule has 3 heterocycles. The van der Waals surface area contributed by atoms with E-state index < -0.39 is 11.8 Å². The number of hydrogen-bond acceptors (Lipinski definition) is 3. The van der Waals surface area contributed by atoms with Crippen molar-refractivity contribution >= 4 is 17.4 Å². The first-order chi connectivity index (χ1) is 13.5. The highest BCUT2D eigenvalue weighted by Crippen LogP contribution is 2.27. The Morgan fingerprint density at radius 1 is 1.14 bits per heavy atom. The monoisotopic (exact) mass is 378 g/mol. The van der Waals surface area contributed by atoms with Gasteiger partial charge in [-0.1, -0.05) is 6.07 Å². The highest BCUT2D eigenvalue weighted by atomic mass is 19.1. The van der Waals surface area contributed by atoms with Crippen LogP contribution in [0.2, 0.25) is 0 Å². The van der Waals surface area contributed by atoms with Crippen molar-refractivity contribution in [1.29, 1.82) is 0 Å². The van der Waals surface area contributed by atoms with Crippen LogP contribution in [0.3, 0.4) is 0 Å². The molecule has 0 spiro atoms. The lowest BCUT2D eigenvalue weighted by molar-refractivity contribution is 0.250. The summed E-state index contributed by atoms with van der Waals surface area (Å²) in [5.74, 6) is -0.516. The third kappa shape index (κ3) is 3.44. The number of anilines is 1. The van der Waals surface area contributed by atoms with E-state index in [0.29, 0.717) is 5.56 Å². The fourth-order valence-corrected chi connectivity index (χ4v) is 2.97. The van der Waals surface area contributed by atoms with Crippen molar-refractivity contribution in [1.82, 2.24) is 24.9 Å². The maximum atomic E-state index is 14.6. The third-order valence-electron chi connectivity index (χ3n) is 4.27. The minimum atomic E-state index is -0.516. The van der Waals surface area contributed by atoms with Crippen molar-refractivity contribution in [2.24, 2.45) is 0 Å². The standard InChI is InChI=1S/C20H19FN6O/c1-12(2)25-20(28)26-17-5-3-13(7-16(17)21)18-10-22-19-6-4-14(11-27(18)19)15-8-23-24-9-15/h3-12H,1-2H3,(H,23,24)(H2,25,26,28). The molecule has 0 aliphatic rings. The van der Waals surface area contributed by atoms with Gasteiger partial charge in [0.1, 0.15) is 11.5 Å². The number of imidazole rings is 1. The number of nitrogens with zero attached hydrogens (tertiary/aromatic N) is 3. The van der Waals surface area contributed by atoms with E-state index in [1.54, 1.807) is 30.7 Å². The van der Waals surface area contributed by atoms with E-state index in [1.165, 1.54) is 6.07 Å². The Bertz CT molecular complexity index is 1130. The highest BCUT2D eigenvalue weighted by Gasteiger charge is 2.12. The molecule has 4 aromatic rings. The molecule has 7 nitrogen and oxygen atoms in total. The first-order valence-corrected chi connectivity index (χ1v) is 8.85. The predicted molar refractivity (Wildman–Crippen MR) is 105 cm³/mol. The summed E-state index contributed by atoms with van der Waals surface area (Å²) in [7, 11) is 0. The van der Waals surface area contributed by atoms with Gasteiger partial charge in [-0.15, -0.1) is 0 Å². The first kappa shape index (κ1) is 17.7. The van der Waals surface area contributed by atoms with Crippen LogP contribution in [0.4, 0.5) is 14.9 Å². The Morgan fingerprint density at radius 3 is 2.68 bits per heavy atom. The SMILES string of the molecule is CC(C)NC(=O)Nc1ccc(-c2cnc3ccc(-c4cn[nH]c4)cn23)cc1F. The fraction of sp³-hybridized carbons (Fsp3) is 0.150. The van der Waals surface area contributed by atoms with Gasteiger partial charge in [0, 0.05) is 35.1 Å². The summed E-state index contributed by atoms with van der Waals surface area (Å²) in [4.78, 5) is 16.2. The second-order valence-electron chi connectivity index (χ2n) is 6.72. The summed E-state index contributed by atoms with van der Waals surface area (Å²) >= 11 is 0. The normalized spacial score (nSPS) is 11.1. The third-order valence-corrected chi connectivity index (χ3v) is 4.27. The number of carbonyl (C=O) groups is 1. The Hall–Kier alpha value is -3.68. The van der Waals surface area contributed by atoms with Gasteiger partial charge in [0.15, 0.2) is 0 Å². The zero-order valence-electron chi connectivity index (χ0n) is 15.4. The van der Waals surface area contributed by atoms with Crippen molar-refractivity contribution in [2.45, 2.75) is 19.9 Å². The molecule has 1 aromatic carbocycles. The van der Waals surface area contributed by atoms with Gasteiger partial charge in [-0.05, 0) is 38.1 Å². The van der Waals surface area contributed by atoms with Crippen LogP contribution >= 0.6 is 0 Å². The Kier molecular flexibility index (Phi) is 4.52. The zero-order valence-corrected chi connectivity index (χ0v) is 15.4. The second-order valence-corrected chi connectivity index (χ2v) is 6.72. The largest absolute Gasteiger partial charge is 0.336 e. The molecule has 0 fully saturated rings. The Labute approximate surface area is 160 Å². The quantitative estimate of drug-likeness (QED) is 0.500. The van der Waals surface area contributed by atoms with Crippen LogP contribution in [-0.4, -0.2) is 31.7 Å². The van der Waals surface area contributed by atoms with Crippen LogP contribution in [0, 0.1) is 5.82 Å². The summed E-state index contributed by atoms with van der Waals surface area (Å²) in [6, 6.07) is 8.06. The topological polar surface area (TPSA) is 87.1 Å². The van der Waals surface area contributed by atoms with Gasteiger partial charge >= 0.3 is 6.03 Å². The second kappa shape index (κ2) is 7.15. The number of aromatic amines is 1. The molecule has 0 saturated carbocycles. The molecular formula is C20H19FN6O. The Morgan fingerprint density at radius 2 is 1.96 bits per heavy atom. The number of pyridine rings is 1. The number of H-pyrrole nitrogens is 1. The summed E-state index contributed by atoms with van der Waals surface area (Å²) in [5, 5.41) is 12.0. The maximum absolute atomic E-state index is 14.6. The van der Waals surface area contributed by atoms with Crippen LogP contribution in [0.25, 0.3) is 28.0 Å². The number of halogens is 1. The van der Waals surface area contributed by atoms with E-state index in [4.69, 9.17) is 0 Å². The molecule has 0 unspecified atom stereocenters. The van der Waals surface area contributed by atoms with Crippen LogP contribution in [-0.2, 0) is 0 Å². The molecule has 0 radical (unpaired) electrons. The van der Waals surface area contributed by atoms with Crippen molar-refractivity contribution < 1.29 is 9.18 Å². The number of urea groups is 1. The lowest BCUT2D eigenvalue weighted by Gasteiger charge is -2.11. The van der Waals surface area contributed by atoms with Crippen molar-refractivity contribution in [2.75, 3.05) is 5.32 Å². The minimum Gasteiger partial charge on any atom is -0.336 e. The summed E-state index contributed by atoms with van der Waals surface area (Å²) < 4.78 is 16.5. The molecular weight excluding hydrogens is 359 g/mol. The van der Waals surface area contributed by atoms with Crippen LogP contribution in [0.5, 0.6) is 0 Å². The lowest BCUT2D eigenvalue weighted by Crippen LogP contribution is -2.34. The lowest BCUT2D eigenvalue weighted by atomic mass is 10.1. The number of nitrogens with one attached hydrogen (secondary N) is 3. The van der Waals surface area contributed by atoms with Crippen molar-refractivity contribution in [3.8, 4) is 22.4 Å². The van der Waals surface area contributed by atoms with Crippen LogP contribution < -0.4 is 10.6 Å². The van der Waals surface area contributed by atoms with E-state index in [1.807, 2.05) is 36.6 Å². The predicted octanol–water partition coefficient (Wildman–Crippen LogP) is 4.06. The van der Waals surface area contributed by atoms with E-state index in [-0.39, 0.29) is 11.7 Å². The number of amides is 2. The molecule has 3 N–H and O–H groups in total. The fourth-order valence-electron chi connectivity index (χ4n) is 2.97. The van der Waals surface area contributed by atoms with Crippen molar-refractivity contribution in [3.63, 3.8) is 0 Å². The molecule has 0 saturated heterocycles. The van der Waals surface area contributed by atoms with Crippen molar-refractivity contribution in [3.05, 3.63) is 60.9 Å². The van der Waals surface area contributed by atoms with Gasteiger partial charge in [0.05, 0.1) is 23.8 Å². The van der Waals surface area contributed by atoms with Gasteiger partial charge < -0.3 is 10.6 Å². The van der Waals surface area contributed by atoms with E-state index >= 15 is 0 Å². The number of carbonyl (C=O) groups excluding carboxylic acids is 1. The maximum Gasteiger partial charge on any atom is 0.319 e. The van der Waals surface area contributed by atoms with Crippen LogP contribution in [0.15, 0.2) is 55.1 Å². The highest BCUT2D eigenvalue weighted by molar-refractivity contribution is 5.90. The smallest absolute Gasteiger partial charge is 0.319 e. The number of hydrogen-bond donors (Lipinski definition) is 3. The molecule has 8 heteroatoms. The van der Waals surface area contributed by atoms with E-state index in [0.717, 1.165) is 22.5 Å². The average Bonchev–Trinajstić information content (AvgIpc) is 3.31. The van der Waals surface area contributed by atoms with Gasteiger partial charge in [0.2, 0.25) is 0 Å². The molecule has 0 bridgehead atoms. The first-order valence-electron chi connectivity index (χ1n) is 8.85. The number of aromatic nitrogens is 4. The number of fused-ring (bicyclic) bond motifs is 1. The summed E-state index contributed by atoms with van der Waals surface area (Å²) in [6.07, 6.45) is 7.17. The molecule has 4 rings (SSSR count). The van der Waals surface area contributed by atoms with Gasteiger partial charge in [-0.3, -0.25) is 9.50 Å². The molecule has 3 aromatic heterocycles. The summed E-state index contributed by atoms with van der Waals surface area (Å²) in [5.41, 5.74) is 4.19. The molecule has 0 atom stereocenters. The van der Waals surface area contributed by atoms with Gasteiger partial charge in [-0.25, -0.2) is 14.2 Å². The molecule has 0 aliphatic heterocycles. The summed E-state index contributed by atoms with van der Waals surface area (Å²) in [6.45, 7) is 3.67. The van der Waals surface area contributed by atoms with Crippen LogP contribution in [0.1, 0.15) is 13.8 Å². The minimum absolute atomic E-state index is 0.0371. The average molecular weight is 378 g/mol. The number of rotatable bonds is 4.